The van der Waals surface area contributed by atoms with Crippen molar-refractivity contribution in [3.8, 4) is 11.5 Å². The SMILES string of the molecule is CCCCC[C@H]1CC[C@H](/C=C/COc2ccc(CO[C@@H](C(=O)OCCC)[C@@H](OCc3ccc(OC/C=C/[C@H]4CC[C@H](CCCCC)CC4)cc3)C(=O)OCCC)cc2)CC1. The summed E-state index contributed by atoms with van der Waals surface area (Å²) in [6.07, 6.45) is 28.9. The highest BCUT2D eigenvalue weighted by molar-refractivity contribution is 5.85. The Hall–Kier alpha value is -3.62. The fraction of sp³-hybridized carbons (Fsp3) is 0.654. The van der Waals surface area contributed by atoms with Gasteiger partial charge in [0, 0.05) is 0 Å². The van der Waals surface area contributed by atoms with Crippen molar-refractivity contribution in [2.24, 2.45) is 23.7 Å². The molecular formula is C52H78O8. The molecule has 0 saturated heterocycles. The summed E-state index contributed by atoms with van der Waals surface area (Å²) in [7, 11) is 0. The Morgan fingerprint density at radius 1 is 0.533 bits per heavy atom. The van der Waals surface area contributed by atoms with Crippen LogP contribution in [0.4, 0.5) is 0 Å². The molecule has 2 atom stereocenters. The molecule has 2 saturated carbocycles. The molecule has 0 aliphatic heterocycles. The van der Waals surface area contributed by atoms with E-state index in [1.807, 2.05) is 62.4 Å². The molecule has 2 aliphatic carbocycles. The molecule has 2 aromatic carbocycles. The number of carbonyl (C=O) groups excluding carboxylic acids is 2. The fourth-order valence-corrected chi connectivity index (χ4v) is 8.35. The first-order valence-electron chi connectivity index (χ1n) is 23.7. The predicted molar refractivity (Wildman–Crippen MR) is 241 cm³/mol. The van der Waals surface area contributed by atoms with Crippen LogP contribution in [-0.2, 0) is 41.8 Å². The maximum absolute atomic E-state index is 13.4. The van der Waals surface area contributed by atoms with E-state index in [0.29, 0.717) is 37.9 Å². The number of carbonyl (C=O) groups is 2. The van der Waals surface area contributed by atoms with Crippen LogP contribution in [0.2, 0.25) is 0 Å². The quantitative estimate of drug-likeness (QED) is 0.0455. The van der Waals surface area contributed by atoms with Crippen LogP contribution in [0.5, 0.6) is 11.5 Å². The highest BCUT2D eigenvalue weighted by Crippen LogP contribution is 2.34. The van der Waals surface area contributed by atoms with E-state index < -0.39 is 24.1 Å². The van der Waals surface area contributed by atoms with Crippen molar-refractivity contribution < 1.29 is 38.0 Å². The largest absolute Gasteiger partial charge is 0.490 e. The fourth-order valence-electron chi connectivity index (χ4n) is 8.35. The summed E-state index contributed by atoms with van der Waals surface area (Å²) in [6, 6.07) is 15.2. The Kier molecular flexibility index (Phi) is 24.2. The molecule has 4 rings (SSSR count). The molecule has 0 N–H and O–H groups in total. The summed E-state index contributed by atoms with van der Waals surface area (Å²) >= 11 is 0. The average Bonchev–Trinajstić information content (AvgIpc) is 3.28. The minimum atomic E-state index is -1.32. The van der Waals surface area contributed by atoms with Crippen molar-refractivity contribution in [2.45, 2.75) is 169 Å². The van der Waals surface area contributed by atoms with Gasteiger partial charge in [-0.05, 0) is 123 Å². The first kappa shape index (κ1) is 49.0. The summed E-state index contributed by atoms with van der Waals surface area (Å²) in [5.74, 6) is 3.30. The minimum Gasteiger partial charge on any atom is -0.490 e. The Bertz CT molecular complexity index is 1370. The lowest BCUT2D eigenvalue weighted by atomic mass is 9.79. The highest BCUT2D eigenvalue weighted by atomic mass is 16.6. The standard InChI is InChI=1S/C52H78O8/c1-5-9-11-15-41-19-23-43(24-20-41)17-13-37-55-47-31-27-45(28-32-47)39-59-49(51(53)57-35-7-3)50(52(54)58-36-8-4)60-40-46-29-33-48(34-30-46)56-38-14-18-44-25-21-42(22-26-44)16-12-10-6-2/h13-14,17-18,27-34,41-44,49-50H,5-12,15-16,19-26,35-40H2,1-4H3/b17-13+,18-14+/t41-,42-,43-,44-,49-,50-/m1/s1. The molecule has 2 fully saturated rings. The number of benzene rings is 2. The summed E-state index contributed by atoms with van der Waals surface area (Å²) in [4.78, 5) is 26.8. The topological polar surface area (TPSA) is 89.5 Å². The number of hydrogen-bond donors (Lipinski definition) is 0. The van der Waals surface area contributed by atoms with E-state index in [2.05, 4.69) is 38.2 Å². The second-order valence-corrected chi connectivity index (χ2v) is 17.1. The Morgan fingerprint density at radius 2 is 0.917 bits per heavy atom. The molecule has 60 heavy (non-hydrogen) atoms. The van der Waals surface area contributed by atoms with Gasteiger partial charge in [-0.15, -0.1) is 0 Å². The van der Waals surface area contributed by atoms with E-state index in [0.717, 1.165) is 34.5 Å². The molecular weight excluding hydrogens is 753 g/mol. The van der Waals surface area contributed by atoms with Crippen molar-refractivity contribution in [3.05, 3.63) is 84.0 Å². The Balaban J connectivity index is 1.26. The van der Waals surface area contributed by atoms with Gasteiger partial charge in [-0.1, -0.05) is 128 Å². The summed E-state index contributed by atoms with van der Waals surface area (Å²) in [5, 5.41) is 0. The zero-order valence-electron chi connectivity index (χ0n) is 37.6. The van der Waals surface area contributed by atoms with Crippen molar-refractivity contribution in [3.63, 3.8) is 0 Å². The van der Waals surface area contributed by atoms with Crippen molar-refractivity contribution in [2.75, 3.05) is 26.4 Å². The van der Waals surface area contributed by atoms with E-state index in [1.54, 1.807) is 0 Å². The van der Waals surface area contributed by atoms with Gasteiger partial charge < -0.3 is 28.4 Å². The monoisotopic (exact) mass is 831 g/mol. The van der Waals surface area contributed by atoms with Gasteiger partial charge in [-0.2, -0.15) is 0 Å². The third kappa shape index (κ3) is 19.0. The summed E-state index contributed by atoms with van der Waals surface area (Å²) in [6.45, 7) is 9.94. The van der Waals surface area contributed by atoms with Crippen LogP contribution in [0, 0.1) is 23.7 Å². The molecule has 2 aliphatic rings. The zero-order valence-corrected chi connectivity index (χ0v) is 37.6. The van der Waals surface area contributed by atoms with Gasteiger partial charge in [0.15, 0.2) is 12.2 Å². The van der Waals surface area contributed by atoms with Crippen molar-refractivity contribution in [1.29, 1.82) is 0 Å². The van der Waals surface area contributed by atoms with E-state index in [4.69, 9.17) is 28.4 Å². The van der Waals surface area contributed by atoms with Gasteiger partial charge in [0.05, 0.1) is 26.4 Å². The number of esters is 2. The van der Waals surface area contributed by atoms with Crippen LogP contribution in [0.25, 0.3) is 0 Å². The van der Waals surface area contributed by atoms with Crippen molar-refractivity contribution in [1.82, 2.24) is 0 Å². The zero-order chi connectivity index (χ0) is 42.6. The maximum atomic E-state index is 13.4. The van der Waals surface area contributed by atoms with Crippen LogP contribution in [0.3, 0.4) is 0 Å². The van der Waals surface area contributed by atoms with Gasteiger partial charge in [0.25, 0.3) is 0 Å². The van der Waals surface area contributed by atoms with Crippen LogP contribution >= 0.6 is 0 Å². The highest BCUT2D eigenvalue weighted by Gasteiger charge is 2.38. The lowest BCUT2D eigenvalue weighted by molar-refractivity contribution is -0.186. The first-order valence-corrected chi connectivity index (χ1v) is 23.7. The lowest BCUT2D eigenvalue weighted by Crippen LogP contribution is -2.45. The second-order valence-electron chi connectivity index (χ2n) is 17.1. The molecule has 0 bridgehead atoms. The third-order valence-electron chi connectivity index (χ3n) is 12.1. The lowest BCUT2D eigenvalue weighted by Gasteiger charge is -2.26. The van der Waals surface area contributed by atoms with Crippen LogP contribution in [0.15, 0.2) is 72.8 Å². The molecule has 0 amide bonds. The minimum absolute atomic E-state index is 0.0644. The molecule has 2 aromatic rings. The van der Waals surface area contributed by atoms with Gasteiger partial charge in [0.1, 0.15) is 24.7 Å². The van der Waals surface area contributed by atoms with Crippen molar-refractivity contribution >= 4 is 11.9 Å². The van der Waals surface area contributed by atoms with E-state index in [9.17, 15) is 9.59 Å². The molecule has 0 unspecified atom stereocenters. The molecule has 334 valence electrons. The van der Waals surface area contributed by atoms with Gasteiger partial charge in [-0.3, -0.25) is 0 Å². The summed E-state index contributed by atoms with van der Waals surface area (Å²) in [5.41, 5.74) is 1.64. The van der Waals surface area contributed by atoms with E-state index in [-0.39, 0.29) is 26.4 Å². The molecule has 8 heteroatoms. The summed E-state index contributed by atoms with van der Waals surface area (Å²) < 4.78 is 35.3. The number of hydrogen-bond acceptors (Lipinski definition) is 8. The Labute approximate surface area is 363 Å². The van der Waals surface area contributed by atoms with Crippen LogP contribution in [0.1, 0.15) is 154 Å². The van der Waals surface area contributed by atoms with Crippen LogP contribution in [-0.4, -0.2) is 50.6 Å². The molecule has 0 spiro atoms. The maximum Gasteiger partial charge on any atom is 0.338 e. The number of allylic oxidation sites excluding steroid dienone is 2. The van der Waals surface area contributed by atoms with E-state index in [1.165, 1.54) is 103 Å². The number of unbranched alkanes of at least 4 members (excludes halogenated alkanes) is 4. The normalized spacial score (nSPS) is 20.5. The van der Waals surface area contributed by atoms with Gasteiger partial charge >= 0.3 is 11.9 Å². The molecule has 0 radical (unpaired) electrons. The van der Waals surface area contributed by atoms with Gasteiger partial charge in [0.2, 0.25) is 0 Å². The third-order valence-corrected chi connectivity index (χ3v) is 12.1. The molecule has 8 nitrogen and oxygen atoms in total. The predicted octanol–water partition coefficient (Wildman–Crippen LogP) is 12.7. The average molecular weight is 831 g/mol. The molecule has 0 heterocycles. The number of rotatable bonds is 29. The van der Waals surface area contributed by atoms with E-state index >= 15 is 0 Å². The van der Waals surface area contributed by atoms with Crippen LogP contribution < -0.4 is 9.47 Å². The second kappa shape index (κ2) is 29.6. The molecule has 0 aromatic heterocycles. The van der Waals surface area contributed by atoms with Gasteiger partial charge in [-0.25, -0.2) is 9.59 Å². The smallest absolute Gasteiger partial charge is 0.338 e. The Morgan fingerprint density at radius 3 is 1.27 bits per heavy atom. The first-order chi connectivity index (χ1) is 29.4. The number of ether oxygens (including phenoxy) is 6.